The lowest BCUT2D eigenvalue weighted by Crippen LogP contribution is -2.53. The third-order valence-electron chi connectivity index (χ3n) is 3.64. The molecular weight excluding hydrogens is 384 g/mol. The predicted octanol–water partition coefficient (Wildman–Crippen LogP) is 1.02. The molecule has 0 N–H and O–H groups in total. The Morgan fingerprint density at radius 1 is 0.926 bits per heavy atom. The molecule has 1 aliphatic heterocycles. The number of carbonyl (C=O) groups excluding carboxylic acids is 3. The van der Waals surface area contributed by atoms with Gasteiger partial charge < -0.3 is 4.90 Å². The molecule has 0 aliphatic carbocycles. The van der Waals surface area contributed by atoms with E-state index in [0.717, 1.165) is 37.9 Å². The monoisotopic (exact) mass is 401 g/mol. The largest absolute Gasteiger partial charge is 0.471 e. The number of rotatable bonds is 4. The predicted molar refractivity (Wildman–Crippen MR) is 79.9 cm³/mol. The minimum Gasteiger partial charge on any atom is -0.333 e. The quantitative estimate of drug-likeness (QED) is 0.522. The fraction of sp³-hybridized carbons (Fsp3) is 0.667. The molecular formula is C15H17F6N3O3. The van der Waals surface area contributed by atoms with E-state index in [9.17, 15) is 40.7 Å². The molecule has 12 heteroatoms. The number of hydrogen-bond donors (Lipinski definition) is 0. The van der Waals surface area contributed by atoms with Crippen LogP contribution in [-0.2, 0) is 14.4 Å². The number of amides is 3. The Kier molecular flexibility index (Phi) is 7.65. The van der Waals surface area contributed by atoms with E-state index in [-0.39, 0.29) is 6.54 Å². The highest BCUT2D eigenvalue weighted by molar-refractivity contribution is 6.03. The highest BCUT2D eigenvalue weighted by atomic mass is 19.4. The summed E-state index contributed by atoms with van der Waals surface area (Å²) in [5.74, 6) is -2.12. The maximum absolute atomic E-state index is 12.4. The average molecular weight is 401 g/mol. The second-order valence-electron chi connectivity index (χ2n) is 5.78. The molecule has 1 heterocycles. The maximum Gasteiger partial charge on any atom is 0.471 e. The van der Waals surface area contributed by atoms with Gasteiger partial charge in [-0.3, -0.25) is 24.2 Å². The van der Waals surface area contributed by atoms with Crippen LogP contribution in [0, 0.1) is 11.8 Å². The molecule has 1 saturated heterocycles. The van der Waals surface area contributed by atoms with Gasteiger partial charge in [0.1, 0.15) is 6.54 Å². The zero-order valence-corrected chi connectivity index (χ0v) is 14.3. The lowest BCUT2D eigenvalue weighted by Gasteiger charge is -2.24. The fourth-order valence-corrected chi connectivity index (χ4v) is 2.17. The molecule has 0 unspecified atom stereocenters. The van der Waals surface area contributed by atoms with Gasteiger partial charge in [-0.2, -0.15) is 26.3 Å². The van der Waals surface area contributed by atoms with Gasteiger partial charge in [-0.05, 0) is 25.9 Å². The van der Waals surface area contributed by atoms with Crippen LogP contribution < -0.4 is 0 Å². The molecule has 3 amide bonds. The van der Waals surface area contributed by atoms with Crippen molar-refractivity contribution in [3.05, 3.63) is 0 Å². The number of likely N-dealkylation sites (N-methyl/N-ethyl adjacent to an activating group) is 1. The van der Waals surface area contributed by atoms with E-state index in [1.54, 1.807) is 0 Å². The maximum atomic E-state index is 12.4. The Morgan fingerprint density at radius 2 is 1.41 bits per heavy atom. The van der Waals surface area contributed by atoms with Crippen LogP contribution in [0.4, 0.5) is 26.3 Å². The van der Waals surface area contributed by atoms with Crippen molar-refractivity contribution in [2.75, 3.05) is 39.8 Å². The summed E-state index contributed by atoms with van der Waals surface area (Å²) in [4.78, 5) is 35.6. The Morgan fingerprint density at radius 3 is 1.85 bits per heavy atom. The second kappa shape index (κ2) is 9.07. The minimum absolute atomic E-state index is 0.277. The first-order chi connectivity index (χ1) is 12.3. The highest BCUT2D eigenvalue weighted by Gasteiger charge is 2.52. The summed E-state index contributed by atoms with van der Waals surface area (Å²) >= 11 is 0. The van der Waals surface area contributed by atoms with Crippen molar-refractivity contribution in [1.82, 2.24) is 14.7 Å². The van der Waals surface area contributed by atoms with Gasteiger partial charge in [0.25, 0.3) is 0 Å². The van der Waals surface area contributed by atoms with Gasteiger partial charge in [0.2, 0.25) is 5.91 Å². The summed E-state index contributed by atoms with van der Waals surface area (Å²) in [6, 6.07) is 0. The smallest absolute Gasteiger partial charge is 0.333 e. The van der Waals surface area contributed by atoms with Crippen LogP contribution in [0.25, 0.3) is 0 Å². The van der Waals surface area contributed by atoms with Gasteiger partial charge >= 0.3 is 24.2 Å². The SMILES string of the molecule is CN(CC#CCN1CCCC1)C(=O)CN(C(=O)C(F)(F)F)C(=O)C(F)(F)F. The van der Waals surface area contributed by atoms with Crippen LogP contribution in [0.1, 0.15) is 12.8 Å². The summed E-state index contributed by atoms with van der Waals surface area (Å²) in [6.07, 6.45) is -9.41. The third kappa shape index (κ3) is 7.09. The van der Waals surface area contributed by atoms with Gasteiger partial charge in [-0.15, -0.1) is 0 Å². The lowest BCUT2D eigenvalue weighted by molar-refractivity contribution is -0.204. The first kappa shape index (κ1) is 22.8. The summed E-state index contributed by atoms with van der Waals surface area (Å²) in [5.41, 5.74) is 0. The molecule has 0 aromatic heterocycles. The van der Waals surface area contributed by atoms with E-state index in [2.05, 4.69) is 11.8 Å². The second-order valence-corrected chi connectivity index (χ2v) is 5.78. The molecule has 0 bridgehead atoms. The summed E-state index contributed by atoms with van der Waals surface area (Å²) < 4.78 is 74.6. The van der Waals surface area contributed by atoms with Gasteiger partial charge in [-0.1, -0.05) is 11.8 Å². The number of alkyl halides is 6. The van der Waals surface area contributed by atoms with Crippen molar-refractivity contribution in [3.63, 3.8) is 0 Å². The Bertz CT molecular complexity index is 603. The van der Waals surface area contributed by atoms with Crippen LogP contribution in [0.2, 0.25) is 0 Å². The molecule has 1 aliphatic rings. The molecule has 1 fully saturated rings. The van der Waals surface area contributed by atoms with E-state index in [4.69, 9.17) is 0 Å². The Balaban J connectivity index is 2.72. The molecule has 152 valence electrons. The van der Waals surface area contributed by atoms with Crippen LogP contribution in [0.15, 0.2) is 0 Å². The van der Waals surface area contributed by atoms with E-state index in [1.807, 2.05) is 4.90 Å². The van der Waals surface area contributed by atoms with Gasteiger partial charge in [-0.25, -0.2) is 0 Å². The summed E-state index contributed by atoms with van der Waals surface area (Å²) in [7, 11) is 1.08. The van der Waals surface area contributed by atoms with E-state index < -0.39 is 41.5 Å². The van der Waals surface area contributed by atoms with Crippen molar-refractivity contribution >= 4 is 17.7 Å². The first-order valence-electron chi connectivity index (χ1n) is 7.76. The minimum atomic E-state index is -5.74. The molecule has 1 rings (SSSR count). The molecule has 27 heavy (non-hydrogen) atoms. The van der Waals surface area contributed by atoms with Crippen molar-refractivity contribution in [2.45, 2.75) is 25.2 Å². The van der Waals surface area contributed by atoms with E-state index in [0.29, 0.717) is 6.54 Å². The molecule has 0 saturated carbocycles. The number of imide groups is 1. The first-order valence-corrected chi connectivity index (χ1v) is 7.76. The van der Waals surface area contributed by atoms with Crippen LogP contribution >= 0.6 is 0 Å². The molecule has 6 nitrogen and oxygen atoms in total. The zero-order valence-electron chi connectivity index (χ0n) is 14.3. The summed E-state index contributed by atoms with van der Waals surface area (Å²) in [5, 5.41) is 0. The van der Waals surface area contributed by atoms with Crippen LogP contribution in [-0.4, -0.2) is 84.5 Å². The Labute approximate surface area is 151 Å². The Hall–Kier alpha value is -2.29. The standard InChI is InChI=1S/C15H17F6N3O3/c1-22(6-2-3-7-23-8-4-5-9-23)11(25)10-24(12(26)14(16,17)18)13(27)15(19,20)21/h4-10H2,1H3. The summed E-state index contributed by atoms with van der Waals surface area (Å²) in [6.45, 7) is 0.199. The topological polar surface area (TPSA) is 60.9 Å². The lowest BCUT2D eigenvalue weighted by atomic mass is 10.3. The number of halogens is 6. The van der Waals surface area contributed by atoms with E-state index in [1.165, 1.54) is 0 Å². The van der Waals surface area contributed by atoms with Crippen molar-refractivity contribution in [2.24, 2.45) is 0 Å². The number of nitrogens with zero attached hydrogens (tertiary/aromatic N) is 3. The fourth-order valence-electron chi connectivity index (χ4n) is 2.17. The zero-order chi connectivity index (χ0) is 20.8. The molecule has 0 aromatic carbocycles. The normalized spacial score (nSPS) is 15.1. The van der Waals surface area contributed by atoms with Crippen molar-refractivity contribution < 1.29 is 40.7 Å². The van der Waals surface area contributed by atoms with Gasteiger partial charge in [0.05, 0.1) is 13.1 Å². The number of likely N-dealkylation sites (tertiary alicyclic amines) is 1. The number of carbonyl (C=O) groups is 3. The van der Waals surface area contributed by atoms with E-state index >= 15 is 0 Å². The molecule has 0 aromatic rings. The number of hydrogen-bond acceptors (Lipinski definition) is 4. The van der Waals surface area contributed by atoms with Crippen molar-refractivity contribution in [1.29, 1.82) is 0 Å². The molecule has 0 radical (unpaired) electrons. The van der Waals surface area contributed by atoms with Crippen molar-refractivity contribution in [3.8, 4) is 11.8 Å². The average Bonchev–Trinajstić information content (AvgIpc) is 3.06. The molecule has 0 atom stereocenters. The van der Waals surface area contributed by atoms with Gasteiger partial charge in [0, 0.05) is 7.05 Å². The van der Waals surface area contributed by atoms with Crippen LogP contribution in [0.5, 0.6) is 0 Å². The molecule has 0 spiro atoms. The van der Waals surface area contributed by atoms with Gasteiger partial charge in [0.15, 0.2) is 0 Å². The highest BCUT2D eigenvalue weighted by Crippen LogP contribution is 2.24. The third-order valence-corrected chi connectivity index (χ3v) is 3.64. The van der Waals surface area contributed by atoms with Crippen LogP contribution in [0.3, 0.4) is 0 Å².